The molecule has 2 heteroatoms. The lowest BCUT2D eigenvalue weighted by Gasteiger charge is -2.57. The third-order valence-corrected chi connectivity index (χ3v) is 9.68. The average molecular weight is 395 g/mol. The first kappa shape index (κ1) is 19.6. The molecule has 3 saturated carbocycles. The number of carbonyl (C=O) groups is 1. The van der Waals surface area contributed by atoms with Crippen molar-refractivity contribution in [2.75, 3.05) is 0 Å². The summed E-state index contributed by atoms with van der Waals surface area (Å²) in [6, 6.07) is 0. The van der Waals surface area contributed by atoms with Crippen LogP contribution in [0.2, 0.25) is 0 Å². The van der Waals surface area contributed by atoms with E-state index in [-0.39, 0.29) is 5.41 Å². The molecule has 0 aromatic carbocycles. The summed E-state index contributed by atoms with van der Waals surface area (Å²) in [5.74, 6) is 2.75. The number of carbonyl (C=O) groups excluding carboxylic acids is 1. The van der Waals surface area contributed by atoms with Crippen molar-refractivity contribution in [2.24, 2.45) is 28.6 Å². The first-order chi connectivity index (χ1) is 13.9. The third kappa shape index (κ3) is 3.17. The molecule has 5 rings (SSSR count). The molecule has 0 aromatic rings. The largest absolute Gasteiger partial charge is 0.497 e. The molecule has 0 aromatic heterocycles. The van der Waals surface area contributed by atoms with Crippen LogP contribution in [0.3, 0.4) is 0 Å². The molecule has 3 unspecified atom stereocenters. The molecule has 0 radical (unpaired) electrons. The van der Waals surface area contributed by atoms with E-state index in [9.17, 15) is 4.79 Å². The Bertz CT molecular complexity index is 786. The number of ketones is 1. The minimum absolute atomic E-state index is 0.00110. The molecule has 0 bridgehead atoms. The SMILES string of the molecule is CC1=CCC[C@H](O/C=C2/C=C3CCC4C(CC[C@]5(C)C(=O)CCC45)[C@@]3(C)CC2)C1. The molecule has 0 heterocycles. The molecule has 0 N–H and O–H groups in total. The van der Waals surface area contributed by atoms with Crippen LogP contribution in [-0.4, -0.2) is 11.9 Å². The van der Waals surface area contributed by atoms with Gasteiger partial charge in [0.25, 0.3) is 0 Å². The maximum Gasteiger partial charge on any atom is 0.139 e. The number of ether oxygens (including phenoxy) is 1. The number of hydrogen-bond acceptors (Lipinski definition) is 2. The molecule has 3 fully saturated rings. The fourth-order valence-corrected chi connectivity index (χ4v) is 7.83. The van der Waals surface area contributed by atoms with Crippen LogP contribution in [-0.2, 0) is 9.53 Å². The topological polar surface area (TPSA) is 26.3 Å². The van der Waals surface area contributed by atoms with Gasteiger partial charge in [-0.2, -0.15) is 0 Å². The number of Topliss-reactive ketones (excluding diaryl/α,β-unsaturated/α-hetero) is 1. The fourth-order valence-electron chi connectivity index (χ4n) is 7.83. The van der Waals surface area contributed by atoms with E-state index in [1.807, 2.05) is 0 Å². The second-order valence-electron chi connectivity index (χ2n) is 11.2. The highest BCUT2D eigenvalue weighted by molar-refractivity contribution is 5.87. The van der Waals surface area contributed by atoms with Crippen LogP contribution in [0.15, 0.2) is 35.1 Å². The van der Waals surface area contributed by atoms with Crippen molar-refractivity contribution in [2.45, 2.75) is 97.5 Å². The van der Waals surface area contributed by atoms with Crippen molar-refractivity contribution in [1.82, 2.24) is 0 Å². The molecular formula is C27H38O2. The van der Waals surface area contributed by atoms with Crippen molar-refractivity contribution in [3.63, 3.8) is 0 Å². The van der Waals surface area contributed by atoms with E-state index >= 15 is 0 Å². The number of fused-ring (bicyclic) bond motifs is 5. The fraction of sp³-hybridized carbons (Fsp3) is 0.741. The van der Waals surface area contributed by atoms with Crippen LogP contribution in [0, 0.1) is 28.6 Å². The molecule has 5 aliphatic carbocycles. The number of allylic oxidation sites excluding steroid dienone is 4. The average Bonchev–Trinajstić information content (AvgIpc) is 3.01. The summed E-state index contributed by atoms with van der Waals surface area (Å²) >= 11 is 0. The van der Waals surface area contributed by atoms with Gasteiger partial charge in [-0.05, 0) is 93.5 Å². The van der Waals surface area contributed by atoms with Gasteiger partial charge in [-0.25, -0.2) is 0 Å². The van der Waals surface area contributed by atoms with Crippen LogP contribution in [0.4, 0.5) is 0 Å². The van der Waals surface area contributed by atoms with Gasteiger partial charge in [0.2, 0.25) is 0 Å². The summed E-state index contributed by atoms with van der Waals surface area (Å²) in [5, 5.41) is 0. The lowest BCUT2D eigenvalue weighted by atomic mass is 9.47. The Balaban J connectivity index is 1.33. The summed E-state index contributed by atoms with van der Waals surface area (Å²) in [7, 11) is 0. The molecule has 0 aliphatic heterocycles. The molecule has 0 spiro atoms. The maximum absolute atomic E-state index is 12.6. The highest BCUT2D eigenvalue weighted by Gasteiger charge is 2.58. The standard InChI is InChI=1S/C27H38O2/c1-18-5-4-6-21(15-18)29-17-19-11-13-26(2)20(16-19)7-8-22-23-9-10-25(28)27(23,3)14-12-24(22)26/h5,16-17,21-24H,4,6-15H2,1-3H3/b19-17+/t21-,22?,23?,24?,26-,27-/m0/s1. The van der Waals surface area contributed by atoms with E-state index in [1.165, 1.54) is 36.8 Å². The second kappa shape index (κ2) is 7.13. The Hall–Kier alpha value is -1.31. The van der Waals surface area contributed by atoms with Crippen molar-refractivity contribution in [1.29, 1.82) is 0 Å². The molecule has 158 valence electrons. The molecule has 6 atom stereocenters. The minimum Gasteiger partial charge on any atom is -0.497 e. The second-order valence-corrected chi connectivity index (χ2v) is 11.2. The Kier molecular flexibility index (Phi) is 4.83. The van der Waals surface area contributed by atoms with Gasteiger partial charge in [-0.1, -0.05) is 37.1 Å². The van der Waals surface area contributed by atoms with Gasteiger partial charge in [-0.3, -0.25) is 4.79 Å². The predicted molar refractivity (Wildman–Crippen MR) is 117 cm³/mol. The van der Waals surface area contributed by atoms with Gasteiger partial charge >= 0.3 is 0 Å². The first-order valence-electron chi connectivity index (χ1n) is 12.1. The summed E-state index contributed by atoms with van der Waals surface area (Å²) in [6.07, 6.45) is 20.0. The van der Waals surface area contributed by atoms with Crippen LogP contribution in [0.5, 0.6) is 0 Å². The summed E-state index contributed by atoms with van der Waals surface area (Å²) in [5.41, 5.74) is 4.89. The maximum atomic E-state index is 12.6. The summed E-state index contributed by atoms with van der Waals surface area (Å²) < 4.78 is 6.21. The highest BCUT2D eigenvalue weighted by atomic mass is 16.5. The zero-order valence-electron chi connectivity index (χ0n) is 18.6. The van der Waals surface area contributed by atoms with Crippen LogP contribution in [0.25, 0.3) is 0 Å². The Morgan fingerprint density at radius 1 is 1.00 bits per heavy atom. The van der Waals surface area contributed by atoms with E-state index in [1.54, 1.807) is 5.57 Å². The quantitative estimate of drug-likeness (QED) is 0.375. The summed E-state index contributed by atoms with van der Waals surface area (Å²) in [4.78, 5) is 12.6. The van der Waals surface area contributed by atoms with Gasteiger partial charge in [-0.15, -0.1) is 0 Å². The van der Waals surface area contributed by atoms with Gasteiger partial charge in [0, 0.05) is 18.3 Å². The smallest absolute Gasteiger partial charge is 0.139 e. The van der Waals surface area contributed by atoms with Crippen LogP contribution in [0.1, 0.15) is 91.4 Å². The van der Waals surface area contributed by atoms with E-state index in [2.05, 4.69) is 39.2 Å². The van der Waals surface area contributed by atoms with Crippen molar-refractivity contribution < 1.29 is 9.53 Å². The van der Waals surface area contributed by atoms with Crippen molar-refractivity contribution in [3.05, 3.63) is 35.1 Å². The molecule has 29 heavy (non-hydrogen) atoms. The van der Waals surface area contributed by atoms with Crippen LogP contribution >= 0.6 is 0 Å². The lowest BCUT2D eigenvalue weighted by Crippen LogP contribution is -2.50. The molecule has 0 amide bonds. The molecular weight excluding hydrogens is 356 g/mol. The zero-order chi connectivity index (χ0) is 20.2. The van der Waals surface area contributed by atoms with E-state index in [0.717, 1.165) is 56.8 Å². The molecule has 5 aliphatic rings. The predicted octanol–water partition coefficient (Wildman–Crippen LogP) is 6.92. The van der Waals surface area contributed by atoms with E-state index in [4.69, 9.17) is 4.74 Å². The monoisotopic (exact) mass is 394 g/mol. The minimum atomic E-state index is -0.00110. The van der Waals surface area contributed by atoms with Gasteiger partial charge in [0.05, 0.1) is 6.26 Å². The highest BCUT2D eigenvalue weighted by Crippen LogP contribution is 2.64. The Morgan fingerprint density at radius 2 is 1.83 bits per heavy atom. The normalized spacial score (nSPS) is 45.8. The van der Waals surface area contributed by atoms with Crippen molar-refractivity contribution >= 4 is 5.78 Å². The summed E-state index contributed by atoms with van der Waals surface area (Å²) in [6.45, 7) is 7.06. The third-order valence-electron chi connectivity index (χ3n) is 9.68. The molecule has 2 nitrogen and oxygen atoms in total. The van der Waals surface area contributed by atoms with Gasteiger partial charge in [0.15, 0.2) is 0 Å². The lowest BCUT2D eigenvalue weighted by molar-refractivity contribution is -0.132. The zero-order valence-corrected chi connectivity index (χ0v) is 18.6. The Morgan fingerprint density at radius 3 is 2.66 bits per heavy atom. The number of hydrogen-bond donors (Lipinski definition) is 0. The first-order valence-corrected chi connectivity index (χ1v) is 12.1. The number of rotatable bonds is 2. The van der Waals surface area contributed by atoms with E-state index in [0.29, 0.717) is 23.2 Å². The van der Waals surface area contributed by atoms with Gasteiger partial charge in [0.1, 0.15) is 11.9 Å². The Labute approximate surface area is 176 Å². The van der Waals surface area contributed by atoms with Crippen LogP contribution < -0.4 is 0 Å². The van der Waals surface area contributed by atoms with Gasteiger partial charge < -0.3 is 4.74 Å². The van der Waals surface area contributed by atoms with E-state index < -0.39 is 0 Å². The van der Waals surface area contributed by atoms with Crippen molar-refractivity contribution in [3.8, 4) is 0 Å². The molecule has 0 saturated heterocycles.